The first-order valence-electron chi connectivity index (χ1n) is 5.83. The SMILES string of the molecule is COc1cncc(C(NN)C2OCCC2C)c1. The summed E-state index contributed by atoms with van der Waals surface area (Å²) in [4.78, 5) is 4.14. The fraction of sp³-hybridized carbons (Fsp3) is 0.583. The van der Waals surface area contributed by atoms with E-state index in [4.69, 9.17) is 15.3 Å². The van der Waals surface area contributed by atoms with Gasteiger partial charge >= 0.3 is 0 Å². The Bertz CT molecular complexity index is 373. The van der Waals surface area contributed by atoms with E-state index in [0.717, 1.165) is 24.3 Å². The molecule has 2 rings (SSSR count). The summed E-state index contributed by atoms with van der Waals surface area (Å²) in [7, 11) is 1.63. The standard InChI is InChI=1S/C12H19N3O2/c1-8-3-4-17-12(8)11(15-13)9-5-10(16-2)7-14-6-9/h5-8,11-12,15H,3-4,13H2,1-2H3. The molecule has 0 saturated carbocycles. The second-order valence-electron chi connectivity index (χ2n) is 4.40. The molecule has 0 bridgehead atoms. The lowest BCUT2D eigenvalue weighted by molar-refractivity contribution is 0.0605. The normalized spacial score (nSPS) is 25.8. The Balaban J connectivity index is 2.21. The zero-order valence-corrected chi connectivity index (χ0v) is 10.2. The molecule has 1 fully saturated rings. The zero-order valence-electron chi connectivity index (χ0n) is 10.2. The molecule has 0 aromatic carbocycles. The summed E-state index contributed by atoms with van der Waals surface area (Å²) in [6, 6.07) is 1.89. The lowest BCUT2D eigenvalue weighted by Gasteiger charge is -2.25. The monoisotopic (exact) mass is 237 g/mol. The van der Waals surface area contributed by atoms with Crippen LogP contribution in [0.15, 0.2) is 18.5 Å². The highest BCUT2D eigenvalue weighted by Crippen LogP contribution is 2.31. The predicted octanol–water partition coefficient (Wildman–Crippen LogP) is 1.02. The molecule has 5 nitrogen and oxygen atoms in total. The van der Waals surface area contributed by atoms with Crippen molar-refractivity contribution >= 4 is 0 Å². The van der Waals surface area contributed by atoms with Gasteiger partial charge in [0.1, 0.15) is 5.75 Å². The summed E-state index contributed by atoms with van der Waals surface area (Å²) in [6.07, 6.45) is 4.63. The van der Waals surface area contributed by atoms with Crippen molar-refractivity contribution in [3.05, 3.63) is 24.0 Å². The highest BCUT2D eigenvalue weighted by atomic mass is 16.5. The van der Waals surface area contributed by atoms with Crippen LogP contribution in [0.4, 0.5) is 0 Å². The van der Waals surface area contributed by atoms with E-state index in [2.05, 4.69) is 17.3 Å². The molecule has 1 aromatic heterocycles. The summed E-state index contributed by atoms with van der Waals surface area (Å²) in [5.41, 5.74) is 3.81. The first-order valence-corrected chi connectivity index (χ1v) is 5.83. The number of rotatable bonds is 4. The largest absolute Gasteiger partial charge is 0.495 e. The molecule has 1 aliphatic rings. The average Bonchev–Trinajstić information content (AvgIpc) is 2.77. The van der Waals surface area contributed by atoms with Crippen molar-refractivity contribution in [3.63, 3.8) is 0 Å². The number of hydrogen-bond donors (Lipinski definition) is 2. The number of nitrogens with two attached hydrogens (primary N) is 1. The van der Waals surface area contributed by atoms with Crippen molar-refractivity contribution in [3.8, 4) is 5.75 Å². The van der Waals surface area contributed by atoms with Gasteiger partial charge in [-0.25, -0.2) is 0 Å². The van der Waals surface area contributed by atoms with Crippen molar-refractivity contribution in [2.75, 3.05) is 13.7 Å². The first-order chi connectivity index (χ1) is 8.26. The van der Waals surface area contributed by atoms with Crippen LogP contribution >= 0.6 is 0 Å². The molecule has 3 atom stereocenters. The summed E-state index contributed by atoms with van der Waals surface area (Å²) < 4.78 is 10.9. The summed E-state index contributed by atoms with van der Waals surface area (Å²) in [5.74, 6) is 6.86. The van der Waals surface area contributed by atoms with E-state index in [-0.39, 0.29) is 12.1 Å². The highest BCUT2D eigenvalue weighted by molar-refractivity contribution is 5.26. The molecule has 0 spiro atoms. The Morgan fingerprint density at radius 2 is 2.41 bits per heavy atom. The minimum absolute atomic E-state index is 0.0462. The number of nitrogens with zero attached hydrogens (tertiary/aromatic N) is 1. The van der Waals surface area contributed by atoms with E-state index >= 15 is 0 Å². The lowest BCUT2D eigenvalue weighted by Crippen LogP contribution is -2.38. The van der Waals surface area contributed by atoms with Crippen LogP contribution in [-0.2, 0) is 4.74 Å². The van der Waals surface area contributed by atoms with Gasteiger partial charge in [0, 0.05) is 12.8 Å². The molecule has 0 radical (unpaired) electrons. The molecule has 94 valence electrons. The van der Waals surface area contributed by atoms with E-state index in [9.17, 15) is 0 Å². The Morgan fingerprint density at radius 3 is 3.00 bits per heavy atom. The van der Waals surface area contributed by atoms with Crippen molar-refractivity contribution in [1.82, 2.24) is 10.4 Å². The predicted molar refractivity (Wildman–Crippen MR) is 64.4 cm³/mol. The van der Waals surface area contributed by atoms with Gasteiger partial charge in [0.15, 0.2) is 0 Å². The Morgan fingerprint density at radius 1 is 1.59 bits per heavy atom. The van der Waals surface area contributed by atoms with Crippen LogP contribution in [0.2, 0.25) is 0 Å². The van der Waals surface area contributed by atoms with Crippen molar-refractivity contribution in [2.45, 2.75) is 25.5 Å². The van der Waals surface area contributed by atoms with E-state index < -0.39 is 0 Å². The fourth-order valence-corrected chi connectivity index (χ4v) is 2.24. The molecule has 0 amide bonds. The number of aromatic nitrogens is 1. The van der Waals surface area contributed by atoms with Crippen LogP contribution < -0.4 is 16.0 Å². The molecular weight excluding hydrogens is 218 g/mol. The third-order valence-electron chi connectivity index (χ3n) is 3.28. The van der Waals surface area contributed by atoms with Gasteiger partial charge in [-0.1, -0.05) is 6.92 Å². The van der Waals surface area contributed by atoms with Gasteiger partial charge in [-0.05, 0) is 24.0 Å². The minimum atomic E-state index is -0.0462. The number of nitrogens with one attached hydrogen (secondary N) is 1. The van der Waals surface area contributed by atoms with Crippen LogP contribution in [0.1, 0.15) is 24.9 Å². The Hall–Kier alpha value is -1.17. The van der Waals surface area contributed by atoms with Crippen LogP contribution in [0.25, 0.3) is 0 Å². The topological polar surface area (TPSA) is 69.4 Å². The van der Waals surface area contributed by atoms with Gasteiger partial charge in [-0.3, -0.25) is 16.3 Å². The summed E-state index contributed by atoms with van der Waals surface area (Å²) in [6.45, 7) is 2.97. The van der Waals surface area contributed by atoms with Gasteiger partial charge in [0.05, 0.1) is 25.5 Å². The smallest absolute Gasteiger partial charge is 0.137 e. The van der Waals surface area contributed by atoms with Gasteiger partial charge in [0.2, 0.25) is 0 Å². The maximum Gasteiger partial charge on any atom is 0.137 e. The Kier molecular flexibility index (Phi) is 3.93. The van der Waals surface area contributed by atoms with Crippen LogP contribution in [0.5, 0.6) is 5.75 Å². The number of hydrogen-bond acceptors (Lipinski definition) is 5. The summed E-state index contributed by atoms with van der Waals surface area (Å²) >= 11 is 0. The molecule has 17 heavy (non-hydrogen) atoms. The van der Waals surface area contributed by atoms with Gasteiger partial charge in [-0.15, -0.1) is 0 Å². The van der Waals surface area contributed by atoms with Gasteiger partial charge in [-0.2, -0.15) is 0 Å². The van der Waals surface area contributed by atoms with E-state index in [1.165, 1.54) is 0 Å². The maximum atomic E-state index is 5.74. The molecule has 5 heteroatoms. The fourth-order valence-electron chi connectivity index (χ4n) is 2.24. The Labute approximate surface area is 101 Å². The van der Waals surface area contributed by atoms with Crippen LogP contribution in [0.3, 0.4) is 0 Å². The van der Waals surface area contributed by atoms with Crippen molar-refractivity contribution in [1.29, 1.82) is 0 Å². The van der Waals surface area contributed by atoms with Crippen molar-refractivity contribution in [2.24, 2.45) is 11.8 Å². The maximum absolute atomic E-state index is 5.74. The average molecular weight is 237 g/mol. The van der Waals surface area contributed by atoms with Gasteiger partial charge in [0.25, 0.3) is 0 Å². The summed E-state index contributed by atoms with van der Waals surface area (Å²) in [5, 5.41) is 0. The highest BCUT2D eigenvalue weighted by Gasteiger charge is 2.32. The van der Waals surface area contributed by atoms with E-state index in [1.807, 2.05) is 6.07 Å². The third-order valence-corrected chi connectivity index (χ3v) is 3.28. The molecule has 0 aliphatic carbocycles. The first kappa shape index (κ1) is 12.3. The molecule has 1 saturated heterocycles. The second-order valence-corrected chi connectivity index (χ2v) is 4.40. The zero-order chi connectivity index (χ0) is 12.3. The lowest BCUT2D eigenvalue weighted by atomic mass is 9.94. The molecule has 1 aromatic rings. The van der Waals surface area contributed by atoms with Crippen molar-refractivity contribution < 1.29 is 9.47 Å². The van der Waals surface area contributed by atoms with Gasteiger partial charge < -0.3 is 9.47 Å². The molecule has 2 heterocycles. The number of hydrazine groups is 1. The second kappa shape index (κ2) is 5.44. The quantitative estimate of drug-likeness (QED) is 0.604. The third kappa shape index (κ3) is 2.57. The van der Waals surface area contributed by atoms with E-state index in [1.54, 1.807) is 19.5 Å². The molecule has 3 N–H and O–H groups in total. The molecule has 3 unspecified atom stereocenters. The number of pyridine rings is 1. The van der Waals surface area contributed by atoms with E-state index in [0.29, 0.717) is 5.92 Å². The van der Waals surface area contributed by atoms with Crippen LogP contribution in [-0.4, -0.2) is 24.8 Å². The number of ether oxygens (including phenoxy) is 2. The van der Waals surface area contributed by atoms with Crippen LogP contribution in [0, 0.1) is 5.92 Å². The number of methoxy groups -OCH3 is 1. The molecule has 1 aliphatic heterocycles. The molecular formula is C12H19N3O2. The minimum Gasteiger partial charge on any atom is -0.495 e.